The zero-order chi connectivity index (χ0) is 20.1. The minimum absolute atomic E-state index is 0.00278. The van der Waals surface area contributed by atoms with Crippen LogP contribution < -0.4 is 15.0 Å². The Morgan fingerprint density at radius 1 is 1.14 bits per heavy atom. The smallest absolute Gasteiger partial charge is 0.253 e. The Bertz CT molecular complexity index is 1130. The number of halogens is 1. The van der Waals surface area contributed by atoms with Gasteiger partial charge < -0.3 is 4.74 Å². The predicted octanol–water partition coefficient (Wildman–Crippen LogP) is 2.55. The first-order chi connectivity index (χ1) is 13.4. The van der Waals surface area contributed by atoms with Crippen molar-refractivity contribution < 1.29 is 13.2 Å². The summed E-state index contributed by atoms with van der Waals surface area (Å²) in [6.45, 7) is 0.162. The molecule has 9 heteroatoms. The molecule has 2 aromatic carbocycles. The third kappa shape index (κ3) is 4.59. The van der Waals surface area contributed by atoms with Gasteiger partial charge in [-0.3, -0.25) is 9.36 Å². The maximum absolute atomic E-state index is 12.3. The van der Waals surface area contributed by atoms with E-state index < -0.39 is 10.0 Å². The summed E-state index contributed by atoms with van der Waals surface area (Å²) in [5, 5.41) is 0.137. The van der Waals surface area contributed by atoms with Crippen LogP contribution in [0.3, 0.4) is 0 Å². The van der Waals surface area contributed by atoms with Crippen LogP contribution in [0.2, 0.25) is 5.02 Å². The van der Waals surface area contributed by atoms with Gasteiger partial charge in [-0.05, 0) is 36.4 Å². The molecule has 0 fully saturated rings. The molecule has 3 rings (SSSR count). The van der Waals surface area contributed by atoms with Crippen LogP contribution in [-0.2, 0) is 16.6 Å². The molecule has 1 N–H and O–H groups in total. The average Bonchev–Trinajstić information content (AvgIpc) is 2.69. The molecule has 0 unspecified atom stereocenters. The highest BCUT2D eigenvalue weighted by Crippen LogP contribution is 2.20. The van der Waals surface area contributed by atoms with Crippen molar-refractivity contribution in [2.45, 2.75) is 11.4 Å². The highest BCUT2D eigenvalue weighted by atomic mass is 35.5. The topological polar surface area (TPSA) is 90.3 Å². The standard InChI is InChI=1S/C19H18ClN3O4S/c1-27-15-8-6-14(7-9-15)17-12-19(24)23(13-21-17)11-10-22-28(25,26)18-5-3-2-4-16(18)20/h2-9,12-13,22H,10-11H2,1H3. The number of nitrogens with one attached hydrogen (secondary N) is 1. The Morgan fingerprint density at radius 2 is 1.86 bits per heavy atom. The fraction of sp³-hybridized carbons (Fsp3) is 0.158. The van der Waals surface area contributed by atoms with Crippen LogP contribution in [0.1, 0.15) is 0 Å². The Hall–Kier alpha value is -2.68. The first-order valence-corrected chi connectivity index (χ1v) is 10.2. The second-order valence-electron chi connectivity index (χ2n) is 5.86. The Kier molecular flexibility index (Phi) is 6.13. The van der Waals surface area contributed by atoms with Gasteiger partial charge in [0.15, 0.2) is 0 Å². The molecule has 0 bridgehead atoms. The summed E-state index contributed by atoms with van der Waals surface area (Å²) in [5.74, 6) is 0.711. The first-order valence-electron chi connectivity index (χ1n) is 8.36. The van der Waals surface area contributed by atoms with E-state index in [1.54, 1.807) is 31.4 Å². The molecule has 0 amide bonds. The van der Waals surface area contributed by atoms with Gasteiger partial charge in [0.1, 0.15) is 10.6 Å². The lowest BCUT2D eigenvalue weighted by molar-refractivity contribution is 0.415. The number of aromatic nitrogens is 2. The number of sulfonamides is 1. The molecule has 1 aromatic heterocycles. The zero-order valence-corrected chi connectivity index (χ0v) is 16.6. The van der Waals surface area contributed by atoms with E-state index >= 15 is 0 Å². The molecule has 0 aliphatic rings. The van der Waals surface area contributed by atoms with Gasteiger partial charge in [-0.15, -0.1) is 0 Å². The van der Waals surface area contributed by atoms with Gasteiger partial charge in [-0.2, -0.15) is 0 Å². The summed E-state index contributed by atoms with van der Waals surface area (Å²) in [4.78, 5) is 16.6. The third-order valence-electron chi connectivity index (χ3n) is 4.04. The van der Waals surface area contributed by atoms with Gasteiger partial charge in [0.25, 0.3) is 5.56 Å². The number of hydrogen-bond donors (Lipinski definition) is 1. The molecule has 146 valence electrons. The van der Waals surface area contributed by atoms with Gasteiger partial charge in [0.2, 0.25) is 10.0 Å². The summed E-state index contributed by atoms with van der Waals surface area (Å²) in [6.07, 6.45) is 1.39. The van der Waals surface area contributed by atoms with Crippen LogP contribution in [0.4, 0.5) is 0 Å². The fourth-order valence-electron chi connectivity index (χ4n) is 2.55. The third-order valence-corrected chi connectivity index (χ3v) is 6.00. The maximum atomic E-state index is 12.3. The SMILES string of the molecule is COc1ccc(-c2cc(=O)n(CCNS(=O)(=O)c3ccccc3Cl)cn2)cc1. The molecular weight excluding hydrogens is 402 g/mol. The van der Waals surface area contributed by atoms with Crippen molar-refractivity contribution in [1.29, 1.82) is 0 Å². The lowest BCUT2D eigenvalue weighted by Crippen LogP contribution is -2.31. The number of rotatable bonds is 7. The van der Waals surface area contributed by atoms with E-state index in [9.17, 15) is 13.2 Å². The van der Waals surface area contributed by atoms with Crippen molar-refractivity contribution >= 4 is 21.6 Å². The average molecular weight is 420 g/mol. The molecule has 0 saturated carbocycles. The number of nitrogens with zero attached hydrogens (tertiary/aromatic N) is 2. The summed E-state index contributed by atoms with van der Waals surface area (Å²) >= 11 is 5.93. The predicted molar refractivity (Wildman–Crippen MR) is 107 cm³/mol. The minimum Gasteiger partial charge on any atom is -0.497 e. The molecule has 3 aromatic rings. The highest BCUT2D eigenvalue weighted by molar-refractivity contribution is 7.89. The van der Waals surface area contributed by atoms with Gasteiger partial charge >= 0.3 is 0 Å². The van der Waals surface area contributed by atoms with Gasteiger partial charge in [0.05, 0.1) is 24.2 Å². The highest BCUT2D eigenvalue weighted by Gasteiger charge is 2.16. The number of hydrogen-bond acceptors (Lipinski definition) is 5. The lowest BCUT2D eigenvalue weighted by atomic mass is 10.1. The Labute approximate surface area is 167 Å². The van der Waals surface area contributed by atoms with Crippen LogP contribution in [0.25, 0.3) is 11.3 Å². The van der Waals surface area contributed by atoms with E-state index in [0.717, 1.165) is 5.56 Å². The second-order valence-corrected chi connectivity index (χ2v) is 8.01. The molecule has 7 nitrogen and oxygen atoms in total. The second kappa shape index (κ2) is 8.55. The molecule has 0 aliphatic carbocycles. The summed E-state index contributed by atoms with van der Waals surface area (Å²) < 4.78 is 33.5. The first kappa shape index (κ1) is 20.1. The Morgan fingerprint density at radius 3 is 2.50 bits per heavy atom. The van der Waals surface area contributed by atoms with E-state index in [4.69, 9.17) is 16.3 Å². The quantitative estimate of drug-likeness (QED) is 0.635. The van der Waals surface area contributed by atoms with Crippen molar-refractivity contribution in [1.82, 2.24) is 14.3 Å². The van der Waals surface area contributed by atoms with Crippen LogP contribution >= 0.6 is 11.6 Å². The lowest BCUT2D eigenvalue weighted by Gasteiger charge is -2.10. The summed E-state index contributed by atoms with van der Waals surface area (Å²) in [6, 6.07) is 14.8. The van der Waals surface area contributed by atoms with Crippen molar-refractivity contribution in [3.05, 3.63) is 76.3 Å². The van der Waals surface area contributed by atoms with Crippen molar-refractivity contribution in [2.24, 2.45) is 0 Å². The molecule has 0 atom stereocenters. The number of benzene rings is 2. The van der Waals surface area contributed by atoms with Gasteiger partial charge in [-0.25, -0.2) is 18.1 Å². The van der Waals surface area contributed by atoms with Crippen molar-refractivity contribution in [2.75, 3.05) is 13.7 Å². The molecule has 0 radical (unpaired) electrons. The van der Waals surface area contributed by atoms with Crippen molar-refractivity contribution in [3.63, 3.8) is 0 Å². The van der Waals surface area contributed by atoms with E-state index in [1.807, 2.05) is 12.1 Å². The normalized spacial score (nSPS) is 11.4. The fourth-order valence-corrected chi connectivity index (χ4v) is 4.09. The van der Waals surface area contributed by atoms with E-state index in [0.29, 0.717) is 11.4 Å². The largest absolute Gasteiger partial charge is 0.497 e. The summed E-state index contributed by atoms with van der Waals surface area (Å²) in [7, 11) is -2.18. The molecule has 1 heterocycles. The maximum Gasteiger partial charge on any atom is 0.253 e. The zero-order valence-electron chi connectivity index (χ0n) is 15.0. The van der Waals surface area contributed by atoms with E-state index in [1.165, 1.54) is 29.1 Å². The molecule has 0 aliphatic heterocycles. The van der Waals surface area contributed by atoms with Gasteiger partial charge in [0, 0.05) is 24.7 Å². The van der Waals surface area contributed by atoms with E-state index in [-0.39, 0.29) is 28.6 Å². The van der Waals surface area contributed by atoms with Crippen LogP contribution in [0, 0.1) is 0 Å². The van der Waals surface area contributed by atoms with E-state index in [2.05, 4.69) is 9.71 Å². The van der Waals surface area contributed by atoms with Gasteiger partial charge in [-0.1, -0.05) is 23.7 Å². The van der Waals surface area contributed by atoms with Crippen LogP contribution in [0.5, 0.6) is 5.75 Å². The molecule has 0 spiro atoms. The minimum atomic E-state index is -3.76. The molecule has 0 saturated heterocycles. The Balaban J connectivity index is 1.68. The summed E-state index contributed by atoms with van der Waals surface area (Å²) in [5.41, 5.74) is 1.03. The number of ether oxygens (including phenoxy) is 1. The number of methoxy groups -OCH3 is 1. The molecular formula is C19H18ClN3O4S. The monoisotopic (exact) mass is 419 g/mol. The van der Waals surface area contributed by atoms with Crippen molar-refractivity contribution in [3.8, 4) is 17.0 Å². The molecule has 28 heavy (non-hydrogen) atoms. The van der Waals surface area contributed by atoms with Crippen LogP contribution in [0.15, 0.2) is 70.6 Å². The van der Waals surface area contributed by atoms with Crippen LogP contribution in [-0.4, -0.2) is 31.6 Å².